The molecule has 1 aromatic carbocycles. The first-order valence-corrected chi connectivity index (χ1v) is 11.2. The SMILES string of the molecule is O=C(Nc1nc2c(s1)CCCCCC2)C(c1ccccc1)N1CCCCC1=O. The Morgan fingerprint density at radius 3 is 2.54 bits per heavy atom. The Kier molecular flexibility index (Phi) is 6.05. The van der Waals surface area contributed by atoms with Gasteiger partial charge in [-0.3, -0.25) is 14.9 Å². The van der Waals surface area contributed by atoms with Crippen molar-refractivity contribution in [3.05, 3.63) is 46.5 Å². The molecule has 5 nitrogen and oxygen atoms in total. The van der Waals surface area contributed by atoms with Crippen LogP contribution in [0.4, 0.5) is 5.13 Å². The molecule has 1 aliphatic carbocycles. The van der Waals surface area contributed by atoms with Crippen molar-refractivity contribution < 1.29 is 9.59 Å². The van der Waals surface area contributed by atoms with E-state index in [1.165, 1.54) is 30.6 Å². The highest BCUT2D eigenvalue weighted by Gasteiger charge is 2.33. The quantitative estimate of drug-likeness (QED) is 0.826. The maximum absolute atomic E-state index is 13.3. The number of anilines is 1. The van der Waals surface area contributed by atoms with Crippen molar-refractivity contribution in [2.45, 2.75) is 63.8 Å². The minimum atomic E-state index is -0.597. The third-order valence-corrected chi connectivity index (χ3v) is 6.68. The zero-order chi connectivity index (χ0) is 19.3. The zero-order valence-corrected chi connectivity index (χ0v) is 17.0. The van der Waals surface area contributed by atoms with Crippen molar-refractivity contribution in [1.82, 2.24) is 9.88 Å². The molecule has 0 bridgehead atoms. The number of benzene rings is 1. The van der Waals surface area contributed by atoms with E-state index in [0.29, 0.717) is 18.1 Å². The number of nitrogens with one attached hydrogen (secondary N) is 1. The van der Waals surface area contributed by atoms with Gasteiger partial charge in [0.15, 0.2) is 5.13 Å². The molecule has 0 radical (unpaired) electrons. The van der Waals surface area contributed by atoms with Gasteiger partial charge in [0.25, 0.3) is 5.91 Å². The number of carbonyl (C=O) groups excluding carboxylic acids is 2. The number of fused-ring (bicyclic) bond motifs is 1. The smallest absolute Gasteiger partial charge is 0.253 e. The van der Waals surface area contributed by atoms with Gasteiger partial charge in [-0.1, -0.05) is 43.2 Å². The number of nitrogens with zero attached hydrogens (tertiary/aromatic N) is 2. The number of hydrogen-bond donors (Lipinski definition) is 1. The van der Waals surface area contributed by atoms with Crippen LogP contribution in [0, 0.1) is 0 Å². The van der Waals surface area contributed by atoms with Gasteiger partial charge in [-0.15, -0.1) is 11.3 Å². The van der Waals surface area contributed by atoms with Crippen LogP contribution in [0.15, 0.2) is 30.3 Å². The summed E-state index contributed by atoms with van der Waals surface area (Å²) >= 11 is 1.60. The normalized spacial score (nSPS) is 18.7. The molecule has 0 spiro atoms. The van der Waals surface area contributed by atoms with Crippen molar-refractivity contribution in [1.29, 1.82) is 0 Å². The number of hydrogen-bond acceptors (Lipinski definition) is 4. The van der Waals surface area contributed by atoms with E-state index >= 15 is 0 Å². The van der Waals surface area contributed by atoms with E-state index < -0.39 is 6.04 Å². The monoisotopic (exact) mass is 397 g/mol. The number of likely N-dealkylation sites (tertiary alicyclic amines) is 1. The lowest BCUT2D eigenvalue weighted by molar-refractivity contribution is -0.141. The number of carbonyl (C=O) groups is 2. The molecule has 1 aliphatic heterocycles. The molecule has 6 heteroatoms. The fourth-order valence-electron chi connectivity index (χ4n) is 4.14. The van der Waals surface area contributed by atoms with Crippen molar-refractivity contribution in [2.24, 2.45) is 0 Å². The molecule has 2 aliphatic rings. The highest BCUT2D eigenvalue weighted by Crippen LogP contribution is 2.31. The van der Waals surface area contributed by atoms with Gasteiger partial charge in [-0.05, 0) is 44.1 Å². The third-order valence-electron chi connectivity index (χ3n) is 5.61. The van der Waals surface area contributed by atoms with Crippen LogP contribution < -0.4 is 5.32 Å². The average molecular weight is 398 g/mol. The molecule has 1 fully saturated rings. The number of piperidine rings is 1. The molecule has 2 heterocycles. The van der Waals surface area contributed by atoms with Gasteiger partial charge in [0.2, 0.25) is 5.91 Å². The predicted molar refractivity (Wildman–Crippen MR) is 111 cm³/mol. The van der Waals surface area contributed by atoms with Gasteiger partial charge in [0.1, 0.15) is 6.04 Å². The molecule has 1 saturated heterocycles. The second-order valence-corrected chi connectivity index (χ2v) is 8.73. The van der Waals surface area contributed by atoms with Crippen LogP contribution >= 0.6 is 11.3 Å². The van der Waals surface area contributed by atoms with E-state index in [9.17, 15) is 9.59 Å². The van der Waals surface area contributed by atoms with Crippen LogP contribution in [-0.4, -0.2) is 28.2 Å². The summed E-state index contributed by atoms with van der Waals surface area (Å²) < 4.78 is 0. The third kappa shape index (κ3) is 4.27. The number of thiazole rings is 1. The van der Waals surface area contributed by atoms with E-state index in [0.717, 1.165) is 36.9 Å². The predicted octanol–water partition coefficient (Wildman–Crippen LogP) is 4.49. The van der Waals surface area contributed by atoms with Crippen molar-refractivity contribution in [3.8, 4) is 0 Å². The van der Waals surface area contributed by atoms with Gasteiger partial charge in [0, 0.05) is 17.8 Å². The molecule has 2 amide bonds. The Bertz CT molecular complexity index is 808. The van der Waals surface area contributed by atoms with Crippen LogP contribution in [-0.2, 0) is 22.4 Å². The van der Waals surface area contributed by atoms with Crippen LogP contribution in [0.5, 0.6) is 0 Å². The van der Waals surface area contributed by atoms with Crippen LogP contribution in [0.3, 0.4) is 0 Å². The molecule has 2 aromatic rings. The number of aromatic nitrogens is 1. The molecule has 1 aromatic heterocycles. The summed E-state index contributed by atoms with van der Waals surface area (Å²) in [5, 5.41) is 3.70. The Morgan fingerprint density at radius 2 is 1.75 bits per heavy atom. The van der Waals surface area contributed by atoms with Gasteiger partial charge in [-0.2, -0.15) is 0 Å². The fourth-order valence-corrected chi connectivity index (χ4v) is 5.19. The lowest BCUT2D eigenvalue weighted by Gasteiger charge is -2.33. The summed E-state index contributed by atoms with van der Waals surface area (Å²) in [6, 6.07) is 9.01. The summed E-state index contributed by atoms with van der Waals surface area (Å²) in [5.74, 6) is -0.107. The number of aryl methyl sites for hydroxylation is 2. The summed E-state index contributed by atoms with van der Waals surface area (Å²) in [7, 11) is 0. The summed E-state index contributed by atoms with van der Waals surface area (Å²) in [4.78, 5) is 33.6. The molecule has 1 atom stereocenters. The summed E-state index contributed by atoms with van der Waals surface area (Å²) in [5.41, 5.74) is 2.00. The minimum absolute atomic E-state index is 0.0571. The Morgan fingerprint density at radius 1 is 1.00 bits per heavy atom. The lowest BCUT2D eigenvalue weighted by atomic mass is 10.0. The van der Waals surface area contributed by atoms with Crippen LogP contribution in [0.25, 0.3) is 0 Å². The molecular weight excluding hydrogens is 370 g/mol. The standard InChI is InChI=1S/C22H27N3O2S/c26-19-14-8-9-15-25(19)20(16-10-4-3-5-11-16)21(27)24-22-23-17-12-6-1-2-7-13-18(17)28-22/h3-5,10-11,20H,1-2,6-9,12-15H2,(H,23,24,27). The second-order valence-electron chi connectivity index (χ2n) is 7.65. The molecule has 148 valence electrons. The molecule has 4 rings (SSSR count). The summed E-state index contributed by atoms with van der Waals surface area (Å²) in [6.07, 6.45) is 9.28. The first kappa shape index (κ1) is 19.1. The van der Waals surface area contributed by atoms with Gasteiger partial charge in [0.05, 0.1) is 5.69 Å². The van der Waals surface area contributed by atoms with Crippen molar-refractivity contribution in [2.75, 3.05) is 11.9 Å². The average Bonchev–Trinajstić information content (AvgIpc) is 3.05. The molecule has 0 saturated carbocycles. The highest BCUT2D eigenvalue weighted by atomic mass is 32.1. The highest BCUT2D eigenvalue weighted by molar-refractivity contribution is 7.15. The molecule has 28 heavy (non-hydrogen) atoms. The van der Waals surface area contributed by atoms with E-state index in [-0.39, 0.29) is 11.8 Å². The van der Waals surface area contributed by atoms with E-state index in [2.05, 4.69) is 5.32 Å². The number of amides is 2. The Balaban J connectivity index is 1.57. The second kappa shape index (κ2) is 8.86. The van der Waals surface area contributed by atoms with Crippen LogP contribution in [0.1, 0.15) is 67.1 Å². The maximum Gasteiger partial charge on any atom is 0.253 e. The van der Waals surface area contributed by atoms with Gasteiger partial charge >= 0.3 is 0 Å². The van der Waals surface area contributed by atoms with Crippen LogP contribution in [0.2, 0.25) is 0 Å². The summed E-state index contributed by atoms with van der Waals surface area (Å²) in [6.45, 7) is 0.625. The number of rotatable bonds is 4. The lowest BCUT2D eigenvalue weighted by Crippen LogP contribution is -2.43. The van der Waals surface area contributed by atoms with Gasteiger partial charge in [-0.25, -0.2) is 4.98 Å². The molecule has 1 unspecified atom stereocenters. The topological polar surface area (TPSA) is 62.3 Å². The first-order chi connectivity index (χ1) is 13.7. The van der Waals surface area contributed by atoms with E-state index in [1.807, 2.05) is 30.3 Å². The minimum Gasteiger partial charge on any atom is -0.327 e. The van der Waals surface area contributed by atoms with E-state index in [4.69, 9.17) is 4.98 Å². The van der Waals surface area contributed by atoms with Crippen molar-refractivity contribution >= 4 is 28.3 Å². The maximum atomic E-state index is 13.3. The fraction of sp³-hybridized carbons (Fsp3) is 0.500. The Hall–Kier alpha value is -2.21. The largest absolute Gasteiger partial charge is 0.327 e. The van der Waals surface area contributed by atoms with E-state index in [1.54, 1.807) is 16.2 Å². The Labute approximate surface area is 170 Å². The van der Waals surface area contributed by atoms with Crippen molar-refractivity contribution in [3.63, 3.8) is 0 Å². The van der Waals surface area contributed by atoms with Gasteiger partial charge < -0.3 is 4.90 Å². The first-order valence-electron chi connectivity index (χ1n) is 10.4. The zero-order valence-electron chi connectivity index (χ0n) is 16.2. The molecule has 1 N–H and O–H groups in total. The molecular formula is C22H27N3O2S.